The van der Waals surface area contributed by atoms with Crippen LogP contribution in [-0.4, -0.2) is 20.2 Å². The Kier molecular flexibility index (Phi) is 5.29. The van der Waals surface area contributed by atoms with E-state index in [1.807, 2.05) is 20.0 Å². The van der Waals surface area contributed by atoms with E-state index in [-0.39, 0.29) is 0 Å². The number of ether oxygens (including phenoxy) is 1. The number of aryl methyl sites for hydroxylation is 1. The molecule has 0 bridgehead atoms. The maximum absolute atomic E-state index is 6.31. The van der Waals surface area contributed by atoms with Gasteiger partial charge in [-0.1, -0.05) is 18.5 Å². The Morgan fingerprint density at radius 2 is 2.06 bits per heavy atom. The Bertz CT molecular complexity index is 386. The zero-order valence-corrected chi connectivity index (χ0v) is 12.1. The molecule has 1 aromatic carbocycles. The van der Waals surface area contributed by atoms with Gasteiger partial charge in [0.25, 0.3) is 0 Å². The fourth-order valence-electron chi connectivity index (χ4n) is 2.09. The standard InChI is InChI=1S/C14H22ClNO/c1-6-11(16-4)8-12-10(3)14(15)9(2)7-13(12)17-5/h7,11,16H,6,8H2,1-5H3. The first-order valence-electron chi connectivity index (χ1n) is 6.04. The van der Waals surface area contributed by atoms with Crippen molar-refractivity contribution in [3.63, 3.8) is 0 Å². The Balaban J connectivity index is 3.16. The molecule has 2 nitrogen and oxygen atoms in total. The first-order chi connectivity index (χ1) is 8.04. The van der Waals surface area contributed by atoms with E-state index in [1.165, 1.54) is 5.56 Å². The molecule has 0 saturated heterocycles. The summed E-state index contributed by atoms with van der Waals surface area (Å²) in [4.78, 5) is 0. The van der Waals surface area contributed by atoms with Gasteiger partial charge in [-0.25, -0.2) is 0 Å². The fourth-order valence-corrected chi connectivity index (χ4v) is 2.26. The maximum Gasteiger partial charge on any atom is 0.122 e. The molecule has 3 heteroatoms. The maximum atomic E-state index is 6.31. The summed E-state index contributed by atoms with van der Waals surface area (Å²) in [7, 11) is 3.71. The van der Waals surface area contributed by atoms with Gasteiger partial charge in [-0.2, -0.15) is 0 Å². The van der Waals surface area contributed by atoms with Gasteiger partial charge >= 0.3 is 0 Å². The first-order valence-corrected chi connectivity index (χ1v) is 6.42. The molecule has 1 rings (SSSR count). The highest BCUT2D eigenvalue weighted by Gasteiger charge is 2.15. The smallest absolute Gasteiger partial charge is 0.122 e. The lowest BCUT2D eigenvalue weighted by Crippen LogP contribution is -2.27. The van der Waals surface area contributed by atoms with Crippen LogP contribution in [0, 0.1) is 13.8 Å². The van der Waals surface area contributed by atoms with Crippen molar-refractivity contribution < 1.29 is 4.74 Å². The lowest BCUT2D eigenvalue weighted by atomic mass is 9.96. The molecule has 1 unspecified atom stereocenters. The molecule has 0 aliphatic carbocycles. The summed E-state index contributed by atoms with van der Waals surface area (Å²) in [5, 5.41) is 4.17. The molecule has 0 saturated carbocycles. The Morgan fingerprint density at radius 3 is 2.53 bits per heavy atom. The number of benzene rings is 1. The molecule has 1 atom stereocenters. The zero-order chi connectivity index (χ0) is 13.0. The third kappa shape index (κ3) is 3.14. The molecule has 0 aliphatic rings. The van der Waals surface area contributed by atoms with Gasteiger partial charge in [-0.3, -0.25) is 0 Å². The fraction of sp³-hybridized carbons (Fsp3) is 0.571. The van der Waals surface area contributed by atoms with E-state index >= 15 is 0 Å². The second kappa shape index (κ2) is 6.27. The second-order valence-electron chi connectivity index (χ2n) is 4.41. The Morgan fingerprint density at radius 1 is 1.41 bits per heavy atom. The molecule has 1 N–H and O–H groups in total. The van der Waals surface area contributed by atoms with E-state index in [4.69, 9.17) is 16.3 Å². The van der Waals surface area contributed by atoms with Crippen molar-refractivity contribution in [2.75, 3.05) is 14.2 Å². The molecule has 0 aliphatic heterocycles. The van der Waals surface area contributed by atoms with E-state index in [2.05, 4.69) is 19.2 Å². The highest BCUT2D eigenvalue weighted by Crippen LogP contribution is 2.32. The van der Waals surface area contributed by atoms with Crippen LogP contribution in [0.15, 0.2) is 6.07 Å². The van der Waals surface area contributed by atoms with Crippen LogP contribution in [0.2, 0.25) is 5.02 Å². The minimum atomic E-state index is 0.460. The van der Waals surface area contributed by atoms with Gasteiger partial charge in [0, 0.05) is 16.6 Å². The number of hydrogen-bond acceptors (Lipinski definition) is 2. The molecule has 0 spiro atoms. The van der Waals surface area contributed by atoms with Gasteiger partial charge in [-0.05, 0) is 50.9 Å². The van der Waals surface area contributed by atoms with Crippen LogP contribution in [0.1, 0.15) is 30.0 Å². The minimum Gasteiger partial charge on any atom is -0.496 e. The molecular formula is C14H22ClNO. The summed E-state index contributed by atoms with van der Waals surface area (Å²) in [6, 6.07) is 2.48. The van der Waals surface area contributed by atoms with Gasteiger partial charge in [0.2, 0.25) is 0 Å². The highest BCUT2D eigenvalue weighted by atomic mass is 35.5. The SMILES string of the molecule is CCC(Cc1c(OC)cc(C)c(Cl)c1C)NC. The van der Waals surface area contributed by atoms with E-state index in [1.54, 1.807) is 7.11 Å². The van der Waals surface area contributed by atoms with Gasteiger partial charge in [-0.15, -0.1) is 0 Å². The summed E-state index contributed by atoms with van der Waals surface area (Å²) >= 11 is 6.31. The largest absolute Gasteiger partial charge is 0.496 e. The van der Waals surface area contributed by atoms with Gasteiger partial charge in [0.15, 0.2) is 0 Å². The van der Waals surface area contributed by atoms with Gasteiger partial charge in [0.05, 0.1) is 7.11 Å². The van der Waals surface area contributed by atoms with Crippen molar-refractivity contribution in [2.24, 2.45) is 0 Å². The average Bonchev–Trinajstić information content (AvgIpc) is 2.34. The number of nitrogens with one attached hydrogen (secondary N) is 1. The molecule has 0 aromatic heterocycles. The lowest BCUT2D eigenvalue weighted by molar-refractivity contribution is 0.404. The summed E-state index contributed by atoms with van der Waals surface area (Å²) in [6.45, 7) is 6.26. The topological polar surface area (TPSA) is 21.3 Å². The molecule has 0 amide bonds. The summed E-state index contributed by atoms with van der Waals surface area (Å²) in [5.74, 6) is 0.943. The van der Waals surface area contributed by atoms with E-state index in [0.717, 1.165) is 34.7 Å². The summed E-state index contributed by atoms with van der Waals surface area (Å²) in [6.07, 6.45) is 2.03. The van der Waals surface area contributed by atoms with Crippen LogP contribution >= 0.6 is 11.6 Å². The van der Waals surface area contributed by atoms with Crippen LogP contribution in [0.3, 0.4) is 0 Å². The van der Waals surface area contributed by atoms with E-state index in [0.29, 0.717) is 6.04 Å². The third-order valence-electron chi connectivity index (χ3n) is 3.34. The molecule has 17 heavy (non-hydrogen) atoms. The number of rotatable bonds is 5. The van der Waals surface area contributed by atoms with Crippen LogP contribution in [0.25, 0.3) is 0 Å². The number of hydrogen-bond donors (Lipinski definition) is 1. The molecule has 0 radical (unpaired) electrons. The molecule has 96 valence electrons. The van der Waals surface area contributed by atoms with Gasteiger partial charge < -0.3 is 10.1 Å². The monoisotopic (exact) mass is 255 g/mol. The quantitative estimate of drug-likeness (QED) is 0.870. The Labute approximate surface area is 109 Å². The van der Waals surface area contributed by atoms with E-state index < -0.39 is 0 Å². The number of halogens is 1. The van der Waals surface area contributed by atoms with Crippen molar-refractivity contribution >= 4 is 11.6 Å². The van der Waals surface area contributed by atoms with Crippen molar-refractivity contribution in [3.05, 3.63) is 27.8 Å². The molecule has 0 heterocycles. The third-order valence-corrected chi connectivity index (χ3v) is 3.93. The van der Waals surface area contributed by atoms with Crippen molar-refractivity contribution in [3.8, 4) is 5.75 Å². The molecule has 1 aromatic rings. The first kappa shape index (κ1) is 14.3. The van der Waals surface area contributed by atoms with Crippen molar-refractivity contribution in [1.82, 2.24) is 5.32 Å². The number of methoxy groups -OCH3 is 1. The van der Waals surface area contributed by atoms with Crippen molar-refractivity contribution in [1.29, 1.82) is 0 Å². The molecular weight excluding hydrogens is 234 g/mol. The average molecular weight is 256 g/mol. The zero-order valence-electron chi connectivity index (χ0n) is 11.4. The van der Waals surface area contributed by atoms with Crippen LogP contribution in [0.4, 0.5) is 0 Å². The molecule has 0 fully saturated rings. The number of likely N-dealkylation sites (N-methyl/N-ethyl adjacent to an activating group) is 1. The predicted molar refractivity (Wildman–Crippen MR) is 74.3 cm³/mol. The Hall–Kier alpha value is -0.730. The van der Waals surface area contributed by atoms with Crippen LogP contribution in [-0.2, 0) is 6.42 Å². The highest BCUT2D eigenvalue weighted by molar-refractivity contribution is 6.32. The normalized spacial score (nSPS) is 12.6. The van der Waals surface area contributed by atoms with Gasteiger partial charge in [0.1, 0.15) is 5.75 Å². The van der Waals surface area contributed by atoms with Crippen molar-refractivity contribution in [2.45, 2.75) is 39.7 Å². The lowest BCUT2D eigenvalue weighted by Gasteiger charge is -2.19. The van der Waals surface area contributed by atoms with E-state index in [9.17, 15) is 0 Å². The summed E-state index contributed by atoms with van der Waals surface area (Å²) < 4.78 is 5.47. The van der Waals surface area contributed by atoms with Crippen LogP contribution in [0.5, 0.6) is 5.75 Å². The predicted octanol–water partition coefficient (Wildman–Crippen LogP) is 3.51. The van der Waals surface area contributed by atoms with Crippen LogP contribution < -0.4 is 10.1 Å². The summed E-state index contributed by atoms with van der Waals surface area (Å²) in [5.41, 5.74) is 3.42. The second-order valence-corrected chi connectivity index (χ2v) is 4.79. The minimum absolute atomic E-state index is 0.460.